The van der Waals surface area contributed by atoms with E-state index in [4.69, 9.17) is 23.2 Å². The minimum absolute atomic E-state index is 0. The van der Waals surface area contributed by atoms with E-state index in [0.29, 0.717) is 10.0 Å². The fourth-order valence-electron chi connectivity index (χ4n) is 0.391. The predicted molar refractivity (Wildman–Crippen MR) is 42.4 cm³/mol. The SMILES string of the molecule is Clc1c[c]ccc1Cl.[NaH]. The number of halogens is 2. The normalized spacial score (nSPS) is 8.22. The van der Waals surface area contributed by atoms with Gasteiger partial charge in [0.15, 0.2) is 0 Å². The van der Waals surface area contributed by atoms with Crippen LogP contribution in [0.3, 0.4) is 0 Å². The fourth-order valence-corrected chi connectivity index (χ4v) is 0.635. The van der Waals surface area contributed by atoms with Gasteiger partial charge in [0.1, 0.15) is 0 Å². The summed E-state index contributed by atoms with van der Waals surface area (Å²) in [5.41, 5.74) is 0. The third-order valence-electron chi connectivity index (χ3n) is 0.764. The first-order valence-electron chi connectivity index (χ1n) is 2.12. The summed E-state index contributed by atoms with van der Waals surface area (Å²) in [5.74, 6) is 0. The van der Waals surface area contributed by atoms with Gasteiger partial charge in [-0.1, -0.05) is 29.3 Å². The van der Waals surface area contributed by atoms with Gasteiger partial charge in [-0.3, -0.25) is 0 Å². The molecule has 1 radical (unpaired) electrons. The summed E-state index contributed by atoms with van der Waals surface area (Å²) in [6.07, 6.45) is 0. The summed E-state index contributed by atoms with van der Waals surface area (Å²) in [6.45, 7) is 0. The van der Waals surface area contributed by atoms with Gasteiger partial charge in [-0.25, -0.2) is 0 Å². The van der Waals surface area contributed by atoms with Crippen LogP contribution in [-0.2, 0) is 0 Å². The van der Waals surface area contributed by atoms with Gasteiger partial charge in [-0.2, -0.15) is 0 Å². The predicted octanol–water partition coefficient (Wildman–Crippen LogP) is 2.15. The summed E-state index contributed by atoms with van der Waals surface area (Å²) >= 11 is 11.1. The van der Waals surface area contributed by atoms with Crippen molar-refractivity contribution in [3.05, 3.63) is 34.3 Å². The van der Waals surface area contributed by atoms with E-state index in [2.05, 4.69) is 6.07 Å². The van der Waals surface area contributed by atoms with E-state index in [0.717, 1.165) is 0 Å². The summed E-state index contributed by atoms with van der Waals surface area (Å²) < 4.78 is 0. The molecule has 0 N–H and O–H groups in total. The molecule has 0 aromatic heterocycles. The van der Waals surface area contributed by atoms with E-state index in [1.54, 1.807) is 18.2 Å². The molecular weight excluding hydrogens is 166 g/mol. The Kier molecular flexibility index (Phi) is 5.00. The van der Waals surface area contributed by atoms with Gasteiger partial charge < -0.3 is 0 Å². The van der Waals surface area contributed by atoms with Crippen molar-refractivity contribution in [2.45, 2.75) is 0 Å². The van der Waals surface area contributed by atoms with Crippen LogP contribution in [0, 0.1) is 6.07 Å². The average molecular weight is 170 g/mol. The molecule has 0 saturated heterocycles. The maximum absolute atomic E-state index is 5.56. The molecule has 0 aliphatic rings. The van der Waals surface area contributed by atoms with Crippen LogP contribution in [0.2, 0.25) is 10.0 Å². The molecule has 0 bridgehead atoms. The minimum atomic E-state index is 0. The average Bonchev–Trinajstić information content (AvgIpc) is 1.77. The molecule has 43 valence electrons. The molecule has 1 aromatic carbocycles. The molecule has 1 aromatic rings. The molecule has 0 fully saturated rings. The molecule has 9 heavy (non-hydrogen) atoms. The van der Waals surface area contributed by atoms with Crippen molar-refractivity contribution in [1.29, 1.82) is 0 Å². The van der Waals surface area contributed by atoms with Crippen LogP contribution in [0.4, 0.5) is 0 Å². The first kappa shape index (κ1) is 9.80. The first-order valence-corrected chi connectivity index (χ1v) is 2.87. The molecule has 0 atom stereocenters. The monoisotopic (exact) mass is 169 g/mol. The molecule has 0 nitrogen and oxygen atoms in total. The Hall–Kier alpha value is 0.800. The second-order valence-electron chi connectivity index (χ2n) is 1.34. The van der Waals surface area contributed by atoms with E-state index in [-0.39, 0.29) is 29.6 Å². The van der Waals surface area contributed by atoms with Crippen LogP contribution in [0.15, 0.2) is 18.2 Å². The van der Waals surface area contributed by atoms with E-state index in [1.807, 2.05) is 0 Å². The number of hydrogen-bond donors (Lipinski definition) is 0. The zero-order valence-electron chi connectivity index (χ0n) is 3.99. The Labute approximate surface area is 86.5 Å². The molecule has 0 unspecified atom stereocenters. The zero-order chi connectivity index (χ0) is 5.98. The Bertz CT molecular complexity index is 167. The number of hydrogen-bond acceptors (Lipinski definition) is 0. The van der Waals surface area contributed by atoms with Gasteiger partial charge >= 0.3 is 29.6 Å². The topological polar surface area (TPSA) is 0 Å². The molecule has 1 rings (SSSR count). The Morgan fingerprint density at radius 1 is 1.22 bits per heavy atom. The van der Waals surface area contributed by atoms with Gasteiger partial charge in [-0.15, -0.1) is 0 Å². The van der Waals surface area contributed by atoms with Gasteiger partial charge in [-0.05, 0) is 18.2 Å². The zero-order valence-corrected chi connectivity index (χ0v) is 5.50. The van der Waals surface area contributed by atoms with Crippen LogP contribution in [0.25, 0.3) is 0 Å². The second kappa shape index (κ2) is 4.59. The van der Waals surface area contributed by atoms with Crippen LogP contribution < -0.4 is 0 Å². The quantitative estimate of drug-likeness (QED) is 0.523. The van der Waals surface area contributed by atoms with Gasteiger partial charge in [0.05, 0.1) is 10.0 Å². The van der Waals surface area contributed by atoms with Gasteiger partial charge in [0.25, 0.3) is 0 Å². The standard InChI is InChI=1S/C6H3Cl2.Na.H/c7-5-3-1-2-4-6(5)8;;/h1,3-4H;;. The van der Waals surface area contributed by atoms with E-state index >= 15 is 0 Å². The van der Waals surface area contributed by atoms with Crippen molar-refractivity contribution >= 4 is 52.8 Å². The van der Waals surface area contributed by atoms with Crippen LogP contribution in [0.1, 0.15) is 0 Å². The summed E-state index contributed by atoms with van der Waals surface area (Å²) in [4.78, 5) is 0. The van der Waals surface area contributed by atoms with Crippen LogP contribution in [-0.4, -0.2) is 29.6 Å². The first-order chi connectivity index (χ1) is 3.80. The number of benzene rings is 1. The van der Waals surface area contributed by atoms with E-state index in [9.17, 15) is 0 Å². The Morgan fingerprint density at radius 3 is 2.22 bits per heavy atom. The summed E-state index contributed by atoms with van der Waals surface area (Å²) in [5, 5.41) is 1.12. The molecule has 0 heterocycles. The third-order valence-corrected chi connectivity index (χ3v) is 1.50. The molecule has 0 aliphatic heterocycles. The maximum atomic E-state index is 5.56. The van der Waals surface area contributed by atoms with Gasteiger partial charge in [0, 0.05) is 0 Å². The molecule has 0 aliphatic carbocycles. The number of rotatable bonds is 0. The van der Waals surface area contributed by atoms with Crippen LogP contribution >= 0.6 is 23.2 Å². The van der Waals surface area contributed by atoms with E-state index in [1.165, 1.54) is 0 Å². The third kappa shape index (κ3) is 2.92. The fraction of sp³-hybridized carbons (Fsp3) is 0. The van der Waals surface area contributed by atoms with Crippen molar-refractivity contribution in [2.24, 2.45) is 0 Å². The summed E-state index contributed by atoms with van der Waals surface area (Å²) in [7, 11) is 0. The van der Waals surface area contributed by atoms with Crippen LogP contribution in [0.5, 0.6) is 0 Å². The van der Waals surface area contributed by atoms with Crippen molar-refractivity contribution in [1.82, 2.24) is 0 Å². The van der Waals surface area contributed by atoms with E-state index < -0.39 is 0 Å². The molecule has 0 spiro atoms. The van der Waals surface area contributed by atoms with Crippen molar-refractivity contribution in [3.63, 3.8) is 0 Å². The molecular formula is C6H4Cl2Na. The second-order valence-corrected chi connectivity index (χ2v) is 2.15. The Balaban J connectivity index is 0.000000640. The molecule has 3 heteroatoms. The Morgan fingerprint density at radius 2 is 1.89 bits per heavy atom. The molecule has 0 saturated carbocycles. The molecule has 0 amide bonds. The van der Waals surface area contributed by atoms with Gasteiger partial charge in [0.2, 0.25) is 0 Å². The van der Waals surface area contributed by atoms with Crippen molar-refractivity contribution in [3.8, 4) is 0 Å². The van der Waals surface area contributed by atoms with Crippen molar-refractivity contribution < 1.29 is 0 Å². The summed E-state index contributed by atoms with van der Waals surface area (Å²) in [6, 6.07) is 7.83. The van der Waals surface area contributed by atoms with Crippen molar-refractivity contribution in [2.75, 3.05) is 0 Å².